The minimum absolute atomic E-state index is 0.0780. The quantitative estimate of drug-likeness (QED) is 0.269. The summed E-state index contributed by atoms with van der Waals surface area (Å²) >= 11 is 5.83. The molecular formula is C29H47ClO3. The molecule has 0 spiro atoms. The monoisotopic (exact) mass is 478 g/mol. The van der Waals surface area contributed by atoms with E-state index in [1.165, 1.54) is 12.0 Å². The first-order valence-electron chi connectivity index (χ1n) is 12.8. The van der Waals surface area contributed by atoms with Crippen LogP contribution < -0.4 is 4.74 Å². The molecule has 0 aliphatic rings. The zero-order valence-corrected chi connectivity index (χ0v) is 22.1. The highest BCUT2D eigenvalue weighted by Gasteiger charge is 2.04. The molecule has 0 fully saturated rings. The maximum Gasteiger partial charge on any atom is 0.120 e. The van der Waals surface area contributed by atoms with Crippen LogP contribution in [0, 0.1) is 0 Å². The Bertz CT molecular complexity index is 663. The molecule has 2 unspecified atom stereocenters. The van der Waals surface area contributed by atoms with Gasteiger partial charge in [0.2, 0.25) is 0 Å². The Kier molecular flexibility index (Phi) is 21.2. The van der Waals surface area contributed by atoms with Crippen molar-refractivity contribution in [2.24, 2.45) is 0 Å². The van der Waals surface area contributed by atoms with Crippen molar-refractivity contribution in [3.05, 3.63) is 65.2 Å². The summed E-state index contributed by atoms with van der Waals surface area (Å²) in [6, 6.07) is 17.9. The molecule has 2 N–H and O–H groups in total. The predicted molar refractivity (Wildman–Crippen MR) is 143 cm³/mol. The third-order valence-electron chi connectivity index (χ3n) is 5.12. The van der Waals surface area contributed by atoms with Crippen LogP contribution in [0.4, 0.5) is 0 Å². The number of unbranched alkanes of at least 4 members (excludes halogenated alkanes) is 2. The number of aliphatic hydroxyl groups excluding tert-OH is 2. The molecule has 0 aliphatic carbocycles. The van der Waals surface area contributed by atoms with Crippen molar-refractivity contribution in [1.29, 1.82) is 0 Å². The molecule has 33 heavy (non-hydrogen) atoms. The Morgan fingerprint density at radius 2 is 1.42 bits per heavy atom. The summed E-state index contributed by atoms with van der Waals surface area (Å²) in [6.07, 6.45) is 9.84. The summed E-state index contributed by atoms with van der Waals surface area (Å²) in [5, 5.41) is 19.8. The highest BCUT2D eigenvalue weighted by molar-refractivity contribution is 6.30. The number of aryl methyl sites for hydroxylation is 1. The molecular weight excluding hydrogens is 432 g/mol. The minimum Gasteiger partial charge on any atom is -0.493 e. The van der Waals surface area contributed by atoms with Gasteiger partial charge in [-0.3, -0.25) is 0 Å². The average molecular weight is 479 g/mol. The zero-order chi connectivity index (χ0) is 24.7. The van der Waals surface area contributed by atoms with Gasteiger partial charge in [-0.25, -0.2) is 0 Å². The number of halogens is 1. The van der Waals surface area contributed by atoms with Crippen molar-refractivity contribution in [3.8, 4) is 5.75 Å². The van der Waals surface area contributed by atoms with Gasteiger partial charge in [0.15, 0.2) is 0 Å². The molecule has 0 bridgehead atoms. The Balaban J connectivity index is 0.000000578. The Morgan fingerprint density at radius 1 is 0.758 bits per heavy atom. The third kappa shape index (κ3) is 18.6. The number of benzene rings is 2. The van der Waals surface area contributed by atoms with Crippen LogP contribution in [0.2, 0.25) is 5.02 Å². The van der Waals surface area contributed by atoms with Gasteiger partial charge in [-0.1, -0.05) is 101 Å². The highest BCUT2D eigenvalue weighted by atomic mass is 35.5. The van der Waals surface area contributed by atoms with Crippen molar-refractivity contribution in [2.45, 2.75) is 104 Å². The van der Waals surface area contributed by atoms with Crippen molar-refractivity contribution >= 4 is 11.6 Å². The van der Waals surface area contributed by atoms with E-state index in [0.29, 0.717) is 18.1 Å². The van der Waals surface area contributed by atoms with Gasteiger partial charge in [0.1, 0.15) is 5.75 Å². The summed E-state index contributed by atoms with van der Waals surface area (Å²) in [5.74, 6) is 0.759. The van der Waals surface area contributed by atoms with Crippen LogP contribution in [0.15, 0.2) is 54.6 Å². The predicted octanol–water partition coefficient (Wildman–Crippen LogP) is 8.25. The summed E-state index contributed by atoms with van der Waals surface area (Å²) in [4.78, 5) is 0. The van der Waals surface area contributed by atoms with E-state index in [0.717, 1.165) is 57.1 Å². The smallest absolute Gasteiger partial charge is 0.120 e. The molecule has 0 heterocycles. The van der Waals surface area contributed by atoms with Gasteiger partial charge in [0, 0.05) is 11.4 Å². The lowest BCUT2D eigenvalue weighted by molar-refractivity contribution is 0.128. The number of hydrogen-bond acceptors (Lipinski definition) is 3. The molecule has 0 saturated carbocycles. The maximum atomic E-state index is 9.61. The first kappa shape index (κ1) is 31.4. The largest absolute Gasteiger partial charge is 0.493 e. The van der Waals surface area contributed by atoms with E-state index in [2.05, 4.69) is 44.2 Å². The molecule has 0 radical (unpaired) electrons. The van der Waals surface area contributed by atoms with E-state index >= 15 is 0 Å². The summed E-state index contributed by atoms with van der Waals surface area (Å²) in [7, 11) is 0. The van der Waals surface area contributed by atoms with Crippen LogP contribution in [-0.4, -0.2) is 29.0 Å². The van der Waals surface area contributed by atoms with Gasteiger partial charge >= 0.3 is 0 Å². The molecule has 3 nitrogen and oxygen atoms in total. The Labute approximate surface area is 208 Å². The van der Waals surface area contributed by atoms with E-state index < -0.39 is 0 Å². The SMILES string of the molecule is CC.CCCC(O)CCCCc1ccccc1.CCCCC(O)CCOc1cccc(Cl)c1. The fourth-order valence-electron chi connectivity index (χ4n) is 3.29. The van der Waals surface area contributed by atoms with Gasteiger partial charge in [-0.05, 0) is 55.9 Å². The first-order valence-corrected chi connectivity index (χ1v) is 13.2. The fourth-order valence-corrected chi connectivity index (χ4v) is 3.47. The Morgan fingerprint density at radius 3 is 2.06 bits per heavy atom. The normalized spacial score (nSPS) is 12.0. The lowest BCUT2D eigenvalue weighted by Crippen LogP contribution is -2.11. The fraction of sp³-hybridized carbons (Fsp3) is 0.586. The number of hydrogen-bond donors (Lipinski definition) is 2. The third-order valence-corrected chi connectivity index (χ3v) is 5.36. The van der Waals surface area contributed by atoms with Gasteiger partial charge in [-0.15, -0.1) is 0 Å². The van der Waals surface area contributed by atoms with Crippen LogP contribution in [0.1, 0.15) is 91.0 Å². The van der Waals surface area contributed by atoms with Gasteiger partial charge < -0.3 is 14.9 Å². The van der Waals surface area contributed by atoms with E-state index in [9.17, 15) is 10.2 Å². The van der Waals surface area contributed by atoms with Crippen molar-refractivity contribution in [1.82, 2.24) is 0 Å². The molecule has 2 aromatic carbocycles. The average Bonchev–Trinajstić information content (AvgIpc) is 2.83. The van der Waals surface area contributed by atoms with Crippen LogP contribution in [0.25, 0.3) is 0 Å². The molecule has 0 saturated heterocycles. The molecule has 188 valence electrons. The van der Waals surface area contributed by atoms with Gasteiger partial charge in [0.05, 0.1) is 18.8 Å². The second-order valence-corrected chi connectivity index (χ2v) is 8.50. The molecule has 4 heteroatoms. The second-order valence-electron chi connectivity index (χ2n) is 8.06. The first-order chi connectivity index (χ1) is 16.0. The van der Waals surface area contributed by atoms with Crippen LogP contribution >= 0.6 is 11.6 Å². The zero-order valence-electron chi connectivity index (χ0n) is 21.3. The number of aliphatic hydroxyl groups is 2. The lowest BCUT2D eigenvalue weighted by atomic mass is 10.0. The molecule has 2 rings (SSSR count). The lowest BCUT2D eigenvalue weighted by Gasteiger charge is -2.11. The number of ether oxygens (including phenoxy) is 1. The second kappa shape index (κ2) is 22.3. The van der Waals surface area contributed by atoms with Crippen molar-refractivity contribution in [2.75, 3.05) is 6.61 Å². The molecule has 0 aliphatic heterocycles. The summed E-state index contributed by atoms with van der Waals surface area (Å²) in [5.41, 5.74) is 1.41. The maximum absolute atomic E-state index is 9.61. The summed E-state index contributed by atoms with van der Waals surface area (Å²) in [6.45, 7) is 8.77. The highest BCUT2D eigenvalue weighted by Crippen LogP contribution is 2.17. The van der Waals surface area contributed by atoms with E-state index in [-0.39, 0.29) is 12.2 Å². The number of rotatable bonds is 14. The molecule has 2 aromatic rings. The molecule has 2 atom stereocenters. The van der Waals surface area contributed by atoms with Crippen LogP contribution in [-0.2, 0) is 6.42 Å². The van der Waals surface area contributed by atoms with Crippen LogP contribution in [0.5, 0.6) is 5.75 Å². The van der Waals surface area contributed by atoms with Gasteiger partial charge in [0.25, 0.3) is 0 Å². The van der Waals surface area contributed by atoms with E-state index in [4.69, 9.17) is 16.3 Å². The van der Waals surface area contributed by atoms with Crippen LogP contribution in [0.3, 0.4) is 0 Å². The van der Waals surface area contributed by atoms with Crippen molar-refractivity contribution in [3.63, 3.8) is 0 Å². The standard InChI is InChI=1S/C14H22O.C13H19ClO2.C2H6/c1-2-8-14(15)12-7-6-11-13-9-4-3-5-10-13;1-2-3-6-12(15)8-9-16-13-7-4-5-11(14)10-13;1-2/h3-5,9-10,14-15H,2,6-8,11-12H2,1H3;4-5,7,10,12,15H,2-3,6,8-9H2,1H3;1-2H3. The summed E-state index contributed by atoms with van der Waals surface area (Å²) < 4.78 is 5.49. The topological polar surface area (TPSA) is 49.7 Å². The molecule has 0 aromatic heterocycles. The Hall–Kier alpha value is -1.55. The minimum atomic E-state index is -0.251. The van der Waals surface area contributed by atoms with Crippen molar-refractivity contribution < 1.29 is 14.9 Å². The van der Waals surface area contributed by atoms with E-state index in [1.54, 1.807) is 6.07 Å². The van der Waals surface area contributed by atoms with Gasteiger partial charge in [-0.2, -0.15) is 0 Å². The van der Waals surface area contributed by atoms with E-state index in [1.807, 2.05) is 32.0 Å². The molecule has 0 amide bonds.